The maximum atomic E-state index is 12.8. The molecule has 7 heteroatoms. The van der Waals surface area contributed by atoms with Crippen molar-refractivity contribution in [3.05, 3.63) is 34.9 Å². The lowest BCUT2D eigenvalue weighted by Gasteiger charge is -2.24. The highest BCUT2D eigenvalue weighted by Crippen LogP contribution is 2.25. The molecule has 3 amide bonds. The molecular formula is C17H20ClN3O3. The summed E-state index contributed by atoms with van der Waals surface area (Å²) in [4.78, 5) is 39.8. The third kappa shape index (κ3) is 2.59. The van der Waals surface area contributed by atoms with E-state index in [0.717, 1.165) is 24.3 Å². The quantitative estimate of drug-likeness (QED) is 0.776. The lowest BCUT2D eigenvalue weighted by atomic mass is 10.0. The van der Waals surface area contributed by atoms with Crippen LogP contribution in [0.1, 0.15) is 50.3 Å². The standard InChI is InChI=1S/C17H19N3O3.ClH/c1-19-16(22)13-5-2-10(8-14(13)17(19)23)15(21)20-7-6-11-3-4-12(9-20)18-11;/h2,5,8,11-12,18H,3-4,6-7,9H2,1H3;1H. The van der Waals surface area contributed by atoms with Gasteiger partial charge in [-0.2, -0.15) is 0 Å². The SMILES string of the molecule is CN1C(=O)c2ccc(C(=O)N3CCC4CCC(C3)N4)cc2C1=O.Cl. The van der Waals surface area contributed by atoms with E-state index in [1.807, 2.05) is 4.90 Å². The Kier molecular flexibility index (Phi) is 4.36. The number of likely N-dealkylation sites (tertiary alicyclic amines) is 1. The van der Waals surface area contributed by atoms with Gasteiger partial charge in [0.15, 0.2) is 0 Å². The van der Waals surface area contributed by atoms with Crippen LogP contribution in [0.3, 0.4) is 0 Å². The molecule has 2 saturated heterocycles. The van der Waals surface area contributed by atoms with Crippen LogP contribution in [0.2, 0.25) is 0 Å². The van der Waals surface area contributed by atoms with Gasteiger partial charge in [0.2, 0.25) is 0 Å². The molecule has 4 rings (SSSR count). The van der Waals surface area contributed by atoms with Gasteiger partial charge in [0.05, 0.1) is 11.1 Å². The second-order valence-corrected chi connectivity index (χ2v) is 6.61. The lowest BCUT2D eigenvalue weighted by molar-refractivity contribution is 0.0692. The Morgan fingerprint density at radius 2 is 1.79 bits per heavy atom. The zero-order valence-electron chi connectivity index (χ0n) is 13.4. The van der Waals surface area contributed by atoms with Gasteiger partial charge in [-0.05, 0) is 37.5 Å². The Morgan fingerprint density at radius 3 is 2.58 bits per heavy atom. The number of halogens is 1. The zero-order valence-corrected chi connectivity index (χ0v) is 14.3. The Balaban J connectivity index is 0.00000169. The zero-order chi connectivity index (χ0) is 16.1. The maximum absolute atomic E-state index is 12.8. The molecule has 0 saturated carbocycles. The molecule has 3 aliphatic rings. The van der Waals surface area contributed by atoms with Crippen molar-refractivity contribution in [2.75, 3.05) is 20.1 Å². The summed E-state index contributed by atoms with van der Waals surface area (Å²) >= 11 is 0. The minimum atomic E-state index is -0.337. The van der Waals surface area contributed by atoms with Crippen LogP contribution in [-0.4, -0.2) is 59.7 Å². The van der Waals surface area contributed by atoms with Gasteiger partial charge in [0.25, 0.3) is 17.7 Å². The monoisotopic (exact) mass is 349 g/mol. The molecule has 2 unspecified atom stereocenters. The van der Waals surface area contributed by atoms with Crippen molar-refractivity contribution in [2.45, 2.75) is 31.3 Å². The third-order valence-corrected chi connectivity index (χ3v) is 5.15. The second-order valence-electron chi connectivity index (χ2n) is 6.61. The van der Waals surface area contributed by atoms with Crippen LogP contribution in [0.25, 0.3) is 0 Å². The molecule has 0 aliphatic carbocycles. The van der Waals surface area contributed by atoms with E-state index in [1.165, 1.54) is 13.5 Å². The van der Waals surface area contributed by atoms with E-state index in [1.54, 1.807) is 18.2 Å². The molecule has 2 atom stereocenters. The fourth-order valence-corrected chi connectivity index (χ4v) is 3.80. The van der Waals surface area contributed by atoms with Crippen molar-refractivity contribution in [1.82, 2.24) is 15.1 Å². The van der Waals surface area contributed by atoms with E-state index in [-0.39, 0.29) is 30.1 Å². The average molecular weight is 350 g/mol. The van der Waals surface area contributed by atoms with Crippen LogP contribution < -0.4 is 5.32 Å². The van der Waals surface area contributed by atoms with Crippen molar-refractivity contribution >= 4 is 30.1 Å². The number of nitrogens with zero attached hydrogens (tertiary/aromatic N) is 2. The highest BCUT2D eigenvalue weighted by atomic mass is 35.5. The van der Waals surface area contributed by atoms with E-state index in [2.05, 4.69) is 5.32 Å². The average Bonchev–Trinajstić information content (AvgIpc) is 2.99. The summed E-state index contributed by atoms with van der Waals surface area (Å²) in [6.07, 6.45) is 3.26. The Labute approximate surface area is 146 Å². The molecule has 3 heterocycles. The van der Waals surface area contributed by atoms with Crippen molar-refractivity contribution in [3.8, 4) is 0 Å². The number of imide groups is 1. The minimum absolute atomic E-state index is 0. The summed E-state index contributed by atoms with van der Waals surface area (Å²) in [7, 11) is 1.46. The molecule has 6 nitrogen and oxygen atoms in total. The van der Waals surface area contributed by atoms with Crippen LogP contribution in [0, 0.1) is 0 Å². The Morgan fingerprint density at radius 1 is 1.08 bits per heavy atom. The van der Waals surface area contributed by atoms with E-state index in [4.69, 9.17) is 0 Å². The predicted octanol–water partition coefficient (Wildman–Crippen LogP) is 1.30. The van der Waals surface area contributed by atoms with Crippen molar-refractivity contribution < 1.29 is 14.4 Å². The highest BCUT2D eigenvalue weighted by molar-refractivity contribution is 6.21. The smallest absolute Gasteiger partial charge is 0.261 e. The number of carbonyl (C=O) groups is 3. The summed E-state index contributed by atoms with van der Waals surface area (Å²) in [5.41, 5.74) is 1.20. The molecule has 1 aromatic carbocycles. The summed E-state index contributed by atoms with van der Waals surface area (Å²) in [6.45, 7) is 1.44. The van der Waals surface area contributed by atoms with Gasteiger partial charge in [-0.25, -0.2) is 0 Å². The molecule has 0 aromatic heterocycles. The first-order valence-electron chi connectivity index (χ1n) is 8.06. The largest absolute Gasteiger partial charge is 0.337 e. The van der Waals surface area contributed by atoms with Crippen LogP contribution >= 0.6 is 12.4 Å². The van der Waals surface area contributed by atoms with Gasteiger partial charge in [0.1, 0.15) is 0 Å². The number of amides is 3. The van der Waals surface area contributed by atoms with Gasteiger partial charge in [-0.3, -0.25) is 19.3 Å². The molecule has 0 radical (unpaired) electrons. The fourth-order valence-electron chi connectivity index (χ4n) is 3.80. The Bertz CT molecular complexity index is 721. The summed E-state index contributed by atoms with van der Waals surface area (Å²) in [5, 5.41) is 3.55. The summed E-state index contributed by atoms with van der Waals surface area (Å²) in [6, 6.07) is 5.70. The van der Waals surface area contributed by atoms with Gasteiger partial charge in [-0.15, -0.1) is 12.4 Å². The first-order chi connectivity index (χ1) is 11.0. The first-order valence-corrected chi connectivity index (χ1v) is 8.06. The number of nitrogens with one attached hydrogen (secondary N) is 1. The molecule has 128 valence electrons. The fraction of sp³-hybridized carbons (Fsp3) is 0.471. The van der Waals surface area contributed by atoms with Gasteiger partial charge in [-0.1, -0.05) is 0 Å². The minimum Gasteiger partial charge on any atom is -0.337 e. The van der Waals surface area contributed by atoms with Crippen molar-refractivity contribution in [2.24, 2.45) is 0 Å². The molecular weight excluding hydrogens is 330 g/mol. The van der Waals surface area contributed by atoms with E-state index in [0.29, 0.717) is 35.3 Å². The molecule has 2 fully saturated rings. The van der Waals surface area contributed by atoms with Crippen LogP contribution in [0.15, 0.2) is 18.2 Å². The van der Waals surface area contributed by atoms with Crippen LogP contribution in [-0.2, 0) is 0 Å². The van der Waals surface area contributed by atoms with Crippen molar-refractivity contribution in [1.29, 1.82) is 0 Å². The number of hydrogen-bond acceptors (Lipinski definition) is 4. The summed E-state index contributed by atoms with van der Waals surface area (Å²) < 4.78 is 0. The van der Waals surface area contributed by atoms with Gasteiger partial charge in [0, 0.05) is 37.8 Å². The predicted molar refractivity (Wildman–Crippen MR) is 90.6 cm³/mol. The third-order valence-electron chi connectivity index (χ3n) is 5.15. The number of benzene rings is 1. The molecule has 2 bridgehead atoms. The molecule has 24 heavy (non-hydrogen) atoms. The van der Waals surface area contributed by atoms with Crippen LogP contribution in [0.4, 0.5) is 0 Å². The summed E-state index contributed by atoms with van der Waals surface area (Å²) in [5.74, 6) is -0.700. The molecule has 0 spiro atoms. The number of hydrogen-bond donors (Lipinski definition) is 1. The molecule has 3 aliphatic heterocycles. The topological polar surface area (TPSA) is 69.7 Å². The maximum Gasteiger partial charge on any atom is 0.261 e. The number of fused-ring (bicyclic) bond motifs is 3. The van der Waals surface area contributed by atoms with E-state index >= 15 is 0 Å². The van der Waals surface area contributed by atoms with Gasteiger partial charge >= 0.3 is 0 Å². The Hall–Kier alpha value is -1.92. The highest BCUT2D eigenvalue weighted by Gasteiger charge is 2.35. The normalized spacial score (nSPS) is 25.4. The molecule has 1 N–H and O–H groups in total. The van der Waals surface area contributed by atoms with Crippen molar-refractivity contribution in [3.63, 3.8) is 0 Å². The van der Waals surface area contributed by atoms with E-state index < -0.39 is 0 Å². The van der Waals surface area contributed by atoms with Gasteiger partial charge < -0.3 is 10.2 Å². The second kappa shape index (κ2) is 6.18. The lowest BCUT2D eigenvalue weighted by Crippen LogP contribution is -2.39. The molecule has 1 aromatic rings. The first kappa shape index (κ1) is 16.9. The number of rotatable bonds is 1. The number of carbonyl (C=O) groups excluding carboxylic acids is 3. The van der Waals surface area contributed by atoms with E-state index in [9.17, 15) is 14.4 Å². The van der Waals surface area contributed by atoms with Crippen LogP contribution in [0.5, 0.6) is 0 Å².